The van der Waals surface area contributed by atoms with E-state index in [4.69, 9.17) is 0 Å². The van der Waals surface area contributed by atoms with Gasteiger partial charge in [0.1, 0.15) is 0 Å². The van der Waals surface area contributed by atoms with Crippen LogP contribution in [0, 0.1) is 11.3 Å². The van der Waals surface area contributed by atoms with Crippen molar-refractivity contribution in [3.8, 4) is 0 Å². The molecule has 0 aromatic rings. The number of aliphatic carboxylic acids is 1. The van der Waals surface area contributed by atoms with Crippen molar-refractivity contribution < 1.29 is 9.90 Å². The fourth-order valence-electron chi connectivity index (χ4n) is 3.80. The smallest absolute Gasteiger partial charge is 0.309 e. The largest absolute Gasteiger partial charge is 0.481 e. The normalized spacial score (nSPS) is 13.3. The second-order valence-electron chi connectivity index (χ2n) is 6.92. The van der Waals surface area contributed by atoms with Gasteiger partial charge >= 0.3 is 5.97 Å². The average molecular weight is 313 g/mol. The first kappa shape index (κ1) is 21.5. The number of carboxylic acid groups (broad SMARTS) is 1. The molecule has 0 rings (SSSR count). The van der Waals surface area contributed by atoms with E-state index < -0.39 is 11.4 Å². The summed E-state index contributed by atoms with van der Waals surface area (Å²) in [5.41, 5.74) is -0.489. The van der Waals surface area contributed by atoms with Crippen LogP contribution in [-0.2, 0) is 4.79 Å². The molecule has 0 heterocycles. The number of hydrogen-bond donors (Lipinski definition) is 1. The Morgan fingerprint density at radius 1 is 0.773 bits per heavy atom. The van der Waals surface area contributed by atoms with E-state index in [1.54, 1.807) is 0 Å². The maximum absolute atomic E-state index is 11.9. The minimum atomic E-state index is -0.568. The minimum absolute atomic E-state index is 0.357. The van der Waals surface area contributed by atoms with Crippen LogP contribution < -0.4 is 0 Å². The van der Waals surface area contributed by atoms with E-state index in [1.807, 2.05) is 0 Å². The molecule has 2 heteroatoms. The molecule has 1 atom stereocenters. The second kappa shape index (κ2) is 13.0. The molecule has 0 amide bonds. The molecule has 2 nitrogen and oxygen atoms in total. The van der Waals surface area contributed by atoms with Crippen LogP contribution in [0.2, 0.25) is 0 Å². The fourth-order valence-corrected chi connectivity index (χ4v) is 3.80. The standard InChI is InChI=1S/C20H40O2/c1-5-9-11-12-13-14-15-17-18(16-10-6-2)20(7-3,8-4)19(21)22/h18H,5-17H2,1-4H3,(H,21,22). The first-order valence-electron chi connectivity index (χ1n) is 9.82. The highest BCUT2D eigenvalue weighted by Crippen LogP contribution is 2.41. The van der Waals surface area contributed by atoms with Crippen LogP contribution in [0.5, 0.6) is 0 Å². The van der Waals surface area contributed by atoms with Gasteiger partial charge in [0.25, 0.3) is 0 Å². The summed E-state index contributed by atoms with van der Waals surface area (Å²) in [6, 6.07) is 0. The van der Waals surface area contributed by atoms with E-state index in [9.17, 15) is 9.90 Å². The van der Waals surface area contributed by atoms with Crippen molar-refractivity contribution in [2.75, 3.05) is 0 Å². The van der Waals surface area contributed by atoms with Gasteiger partial charge in [0.2, 0.25) is 0 Å². The monoisotopic (exact) mass is 312 g/mol. The Morgan fingerprint density at radius 2 is 1.23 bits per heavy atom. The molecule has 0 fully saturated rings. The third-order valence-electron chi connectivity index (χ3n) is 5.53. The molecule has 0 saturated heterocycles. The third kappa shape index (κ3) is 7.15. The van der Waals surface area contributed by atoms with Crippen molar-refractivity contribution in [3.63, 3.8) is 0 Å². The Balaban J connectivity index is 4.41. The van der Waals surface area contributed by atoms with E-state index in [0.717, 1.165) is 38.5 Å². The topological polar surface area (TPSA) is 37.3 Å². The molecule has 0 spiro atoms. The summed E-state index contributed by atoms with van der Waals surface area (Å²) in [4.78, 5) is 11.9. The van der Waals surface area contributed by atoms with Crippen LogP contribution >= 0.6 is 0 Å². The Morgan fingerprint density at radius 3 is 1.68 bits per heavy atom. The number of unbranched alkanes of at least 4 members (excludes halogenated alkanes) is 7. The van der Waals surface area contributed by atoms with Crippen molar-refractivity contribution in [1.29, 1.82) is 0 Å². The molecule has 132 valence electrons. The van der Waals surface area contributed by atoms with E-state index in [-0.39, 0.29) is 0 Å². The summed E-state index contributed by atoms with van der Waals surface area (Å²) in [6.45, 7) is 8.56. The summed E-state index contributed by atoms with van der Waals surface area (Å²) in [5.74, 6) is -0.211. The Hall–Kier alpha value is -0.530. The Kier molecular flexibility index (Phi) is 12.6. The highest BCUT2D eigenvalue weighted by Gasteiger charge is 2.41. The third-order valence-corrected chi connectivity index (χ3v) is 5.53. The van der Waals surface area contributed by atoms with Gasteiger partial charge in [-0.3, -0.25) is 4.79 Å². The molecule has 0 aromatic carbocycles. The molecular weight excluding hydrogens is 272 g/mol. The first-order valence-corrected chi connectivity index (χ1v) is 9.82. The summed E-state index contributed by atoms with van der Waals surface area (Å²) in [6.07, 6.45) is 15.2. The van der Waals surface area contributed by atoms with Crippen molar-refractivity contribution in [2.45, 2.75) is 111 Å². The van der Waals surface area contributed by atoms with Crippen molar-refractivity contribution >= 4 is 5.97 Å². The van der Waals surface area contributed by atoms with Gasteiger partial charge in [-0.15, -0.1) is 0 Å². The number of carboxylic acids is 1. The molecule has 0 aromatic heterocycles. The lowest BCUT2D eigenvalue weighted by atomic mass is 9.67. The minimum Gasteiger partial charge on any atom is -0.481 e. The fraction of sp³-hybridized carbons (Fsp3) is 0.950. The lowest BCUT2D eigenvalue weighted by Crippen LogP contribution is -2.38. The van der Waals surface area contributed by atoms with Gasteiger partial charge in [0, 0.05) is 0 Å². The molecule has 1 N–H and O–H groups in total. The lowest BCUT2D eigenvalue weighted by Gasteiger charge is -2.36. The van der Waals surface area contributed by atoms with E-state index in [1.165, 1.54) is 44.9 Å². The van der Waals surface area contributed by atoms with Gasteiger partial charge in [-0.1, -0.05) is 85.5 Å². The van der Waals surface area contributed by atoms with Crippen LogP contribution in [0.25, 0.3) is 0 Å². The van der Waals surface area contributed by atoms with Gasteiger partial charge in [-0.2, -0.15) is 0 Å². The number of hydrogen-bond acceptors (Lipinski definition) is 1. The summed E-state index contributed by atoms with van der Waals surface area (Å²) in [5, 5.41) is 9.79. The molecular formula is C20H40O2. The van der Waals surface area contributed by atoms with Crippen LogP contribution in [0.15, 0.2) is 0 Å². The van der Waals surface area contributed by atoms with Crippen LogP contribution in [0.1, 0.15) is 111 Å². The molecule has 0 saturated carbocycles. The maximum atomic E-state index is 11.9. The molecule has 0 aliphatic carbocycles. The van der Waals surface area contributed by atoms with Gasteiger partial charge in [-0.05, 0) is 31.6 Å². The maximum Gasteiger partial charge on any atom is 0.309 e. The molecule has 22 heavy (non-hydrogen) atoms. The van der Waals surface area contributed by atoms with Crippen molar-refractivity contribution in [3.05, 3.63) is 0 Å². The quantitative estimate of drug-likeness (QED) is 0.337. The average Bonchev–Trinajstić information content (AvgIpc) is 2.52. The van der Waals surface area contributed by atoms with Crippen LogP contribution in [0.4, 0.5) is 0 Å². The van der Waals surface area contributed by atoms with Gasteiger partial charge in [0.15, 0.2) is 0 Å². The molecule has 0 bridgehead atoms. The van der Waals surface area contributed by atoms with E-state index >= 15 is 0 Å². The van der Waals surface area contributed by atoms with Gasteiger partial charge in [-0.25, -0.2) is 0 Å². The highest BCUT2D eigenvalue weighted by atomic mass is 16.4. The summed E-state index contributed by atoms with van der Waals surface area (Å²) in [7, 11) is 0. The van der Waals surface area contributed by atoms with Crippen molar-refractivity contribution in [2.24, 2.45) is 11.3 Å². The van der Waals surface area contributed by atoms with E-state index in [2.05, 4.69) is 27.7 Å². The zero-order chi connectivity index (χ0) is 16.8. The predicted molar refractivity (Wildman–Crippen MR) is 96.3 cm³/mol. The van der Waals surface area contributed by atoms with Gasteiger partial charge in [0.05, 0.1) is 5.41 Å². The zero-order valence-corrected chi connectivity index (χ0v) is 15.6. The molecule has 1 unspecified atom stereocenters. The Bertz CT molecular complexity index is 269. The van der Waals surface area contributed by atoms with Crippen LogP contribution in [0.3, 0.4) is 0 Å². The van der Waals surface area contributed by atoms with Gasteiger partial charge < -0.3 is 5.11 Å². The van der Waals surface area contributed by atoms with Crippen molar-refractivity contribution in [1.82, 2.24) is 0 Å². The summed E-state index contributed by atoms with van der Waals surface area (Å²) >= 11 is 0. The molecule has 0 aliphatic heterocycles. The predicted octanol–water partition coefficient (Wildman–Crippen LogP) is 6.82. The number of carbonyl (C=O) groups is 1. The molecule has 0 aliphatic rings. The zero-order valence-electron chi connectivity index (χ0n) is 15.6. The SMILES string of the molecule is CCCCCCCCCC(CCCC)C(CC)(CC)C(=O)O. The summed E-state index contributed by atoms with van der Waals surface area (Å²) < 4.78 is 0. The first-order chi connectivity index (χ1) is 10.6. The second-order valence-corrected chi connectivity index (χ2v) is 6.92. The lowest BCUT2D eigenvalue weighted by molar-refractivity contribution is -0.154. The number of rotatable bonds is 15. The Labute approximate surface area is 139 Å². The molecule has 0 radical (unpaired) electrons. The van der Waals surface area contributed by atoms with Crippen LogP contribution in [-0.4, -0.2) is 11.1 Å². The van der Waals surface area contributed by atoms with E-state index in [0.29, 0.717) is 5.92 Å². The highest BCUT2D eigenvalue weighted by molar-refractivity contribution is 5.74.